The Morgan fingerprint density at radius 2 is 2.06 bits per heavy atom. The van der Waals surface area contributed by atoms with Crippen molar-refractivity contribution < 1.29 is 13.5 Å². The fourth-order valence-electron chi connectivity index (χ4n) is 1.06. The standard InChI is InChI=1S/C9H10ClF2N3O.HI/c10-6-1-2-7(16-8(11)12)5(3-6)4-15-9(13)14;/h1-3,8H,4H2,(H4,13,14,15);1H. The van der Waals surface area contributed by atoms with Gasteiger partial charge in [-0.15, -0.1) is 24.0 Å². The summed E-state index contributed by atoms with van der Waals surface area (Å²) in [5.74, 6) is -0.132. The molecular weight excluding hydrogens is 366 g/mol. The van der Waals surface area contributed by atoms with Gasteiger partial charge in [-0.3, -0.25) is 0 Å². The number of rotatable bonds is 4. The zero-order valence-corrected chi connectivity index (χ0v) is 11.7. The minimum atomic E-state index is -2.90. The van der Waals surface area contributed by atoms with Gasteiger partial charge in [-0.25, -0.2) is 4.99 Å². The molecule has 0 saturated carbocycles. The van der Waals surface area contributed by atoms with E-state index < -0.39 is 6.61 Å². The van der Waals surface area contributed by atoms with Gasteiger partial charge in [-0.05, 0) is 18.2 Å². The second-order valence-electron chi connectivity index (χ2n) is 2.87. The van der Waals surface area contributed by atoms with E-state index in [9.17, 15) is 8.78 Å². The molecule has 4 nitrogen and oxygen atoms in total. The van der Waals surface area contributed by atoms with Crippen molar-refractivity contribution in [3.8, 4) is 5.75 Å². The molecule has 0 aliphatic rings. The minimum Gasteiger partial charge on any atom is -0.434 e. The van der Waals surface area contributed by atoms with Crippen LogP contribution in [0.15, 0.2) is 23.2 Å². The molecule has 0 fully saturated rings. The van der Waals surface area contributed by atoms with Crippen molar-refractivity contribution in [2.75, 3.05) is 0 Å². The summed E-state index contributed by atoms with van der Waals surface area (Å²) in [7, 11) is 0. The first-order valence-corrected chi connectivity index (χ1v) is 4.65. The van der Waals surface area contributed by atoms with Crippen LogP contribution in [0.4, 0.5) is 8.78 Å². The van der Waals surface area contributed by atoms with Crippen LogP contribution in [0.25, 0.3) is 0 Å². The molecule has 0 unspecified atom stereocenters. The number of benzene rings is 1. The van der Waals surface area contributed by atoms with Gasteiger partial charge in [0.2, 0.25) is 0 Å². The molecule has 0 saturated heterocycles. The first-order chi connectivity index (χ1) is 7.49. The highest BCUT2D eigenvalue weighted by molar-refractivity contribution is 14.0. The Balaban J connectivity index is 0.00000256. The maximum Gasteiger partial charge on any atom is 0.387 e. The van der Waals surface area contributed by atoms with Gasteiger partial charge < -0.3 is 16.2 Å². The second-order valence-corrected chi connectivity index (χ2v) is 3.31. The van der Waals surface area contributed by atoms with E-state index in [0.717, 1.165) is 0 Å². The smallest absolute Gasteiger partial charge is 0.387 e. The molecular formula is C9H11ClF2IN3O. The molecule has 0 aromatic heterocycles. The van der Waals surface area contributed by atoms with Crippen molar-refractivity contribution >= 4 is 41.5 Å². The quantitative estimate of drug-likeness (QED) is 0.480. The molecule has 1 rings (SSSR count). The third-order valence-corrected chi connectivity index (χ3v) is 1.91. The number of nitrogens with two attached hydrogens (primary N) is 2. The Labute approximate surface area is 119 Å². The lowest BCUT2D eigenvalue weighted by Crippen LogP contribution is -2.22. The van der Waals surface area contributed by atoms with Crippen LogP contribution < -0.4 is 16.2 Å². The number of nitrogens with zero attached hydrogens (tertiary/aromatic N) is 1. The molecule has 0 radical (unpaired) electrons. The third kappa shape index (κ3) is 5.87. The maximum absolute atomic E-state index is 12.1. The van der Waals surface area contributed by atoms with Crippen LogP contribution in [0, 0.1) is 0 Å². The Hall–Kier alpha value is -0.830. The van der Waals surface area contributed by atoms with Gasteiger partial charge in [0.15, 0.2) is 5.96 Å². The highest BCUT2D eigenvalue weighted by Gasteiger charge is 2.09. The monoisotopic (exact) mass is 377 g/mol. The molecule has 0 aliphatic heterocycles. The van der Waals surface area contributed by atoms with Crippen molar-refractivity contribution in [1.82, 2.24) is 0 Å². The first kappa shape index (κ1) is 16.2. The Morgan fingerprint density at radius 1 is 1.41 bits per heavy atom. The van der Waals surface area contributed by atoms with Crippen LogP contribution in [0.3, 0.4) is 0 Å². The summed E-state index contributed by atoms with van der Waals surface area (Å²) in [5, 5.41) is 0.391. The van der Waals surface area contributed by atoms with Crippen LogP contribution in [-0.2, 0) is 6.54 Å². The van der Waals surface area contributed by atoms with Crippen LogP contribution in [-0.4, -0.2) is 12.6 Å². The summed E-state index contributed by atoms with van der Waals surface area (Å²) in [5.41, 5.74) is 10.7. The largest absolute Gasteiger partial charge is 0.434 e. The molecule has 0 spiro atoms. The Kier molecular flexibility index (Phi) is 7.12. The van der Waals surface area contributed by atoms with E-state index in [1.807, 2.05) is 0 Å². The maximum atomic E-state index is 12.1. The molecule has 1 aromatic rings. The summed E-state index contributed by atoms with van der Waals surface area (Å²) in [6.07, 6.45) is 0. The SMILES string of the molecule is I.NC(N)=NCc1cc(Cl)ccc1OC(F)F. The molecule has 8 heteroatoms. The Morgan fingerprint density at radius 3 is 2.59 bits per heavy atom. The summed E-state index contributed by atoms with van der Waals surface area (Å²) in [6, 6.07) is 4.25. The van der Waals surface area contributed by atoms with Crippen LogP contribution in [0.1, 0.15) is 5.56 Å². The van der Waals surface area contributed by atoms with Crippen molar-refractivity contribution in [3.05, 3.63) is 28.8 Å². The zero-order chi connectivity index (χ0) is 12.1. The van der Waals surface area contributed by atoms with Gasteiger partial charge in [-0.2, -0.15) is 8.78 Å². The average Bonchev–Trinajstić information content (AvgIpc) is 2.17. The van der Waals surface area contributed by atoms with Gasteiger partial charge >= 0.3 is 6.61 Å². The fourth-order valence-corrected chi connectivity index (χ4v) is 1.25. The third-order valence-electron chi connectivity index (χ3n) is 1.67. The highest BCUT2D eigenvalue weighted by Crippen LogP contribution is 2.25. The van der Waals surface area contributed by atoms with Gasteiger partial charge in [0.25, 0.3) is 0 Å². The minimum absolute atomic E-state index is 0. The molecule has 0 amide bonds. The summed E-state index contributed by atoms with van der Waals surface area (Å²) < 4.78 is 28.4. The van der Waals surface area contributed by atoms with Crippen molar-refractivity contribution in [2.45, 2.75) is 13.2 Å². The van der Waals surface area contributed by atoms with Crippen molar-refractivity contribution in [2.24, 2.45) is 16.5 Å². The lowest BCUT2D eigenvalue weighted by Gasteiger charge is -2.09. The fraction of sp³-hybridized carbons (Fsp3) is 0.222. The Bertz CT molecular complexity index is 400. The number of alkyl halides is 2. The summed E-state index contributed by atoms with van der Waals surface area (Å²) in [6.45, 7) is -2.87. The normalized spacial score (nSPS) is 9.65. The predicted octanol–water partition coefficient (Wildman–Crippen LogP) is 2.33. The van der Waals surface area contributed by atoms with E-state index in [4.69, 9.17) is 23.1 Å². The van der Waals surface area contributed by atoms with Gasteiger partial charge in [0.05, 0.1) is 6.54 Å². The molecule has 96 valence electrons. The van der Waals surface area contributed by atoms with Gasteiger partial charge in [0, 0.05) is 10.6 Å². The lowest BCUT2D eigenvalue weighted by molar-refractivity contribution is -0.0504. The summed E-state index contributed by atoms with van der Waals surface area (Å²) in [4.78, 5) is 3.69. The van der Waals surface area contributed by atoms with Crippen LogP contribution in [0.2, 0.25) is 5.02 Å². The molecule has 4 N–H and O–H groups in total. The van der Waals surface area contributed by atoms with E-state index in [1.165, 1.54) is 18.2 Å². The van der Waals surface area contributed by atoms with Gasteiger partial charge in [-0.1, -0.05) is 11.6 Å². The summed E-state index contributed by atoms with van der Waals surface area (Å²) >= 11 is 5.71. The number of ether oxygens (including phenoxy) is 1. The van der Waals surface area contributed by atoms with E-state index in [2.05, 4.69) is 9.73 Å². The molecule has 1 aromatic carbocycles. The van der Waals surface area contributed by atoms with E-state index in [0.29, 0.717) is 10.6 Å². The van der Waals surface area contributed by atoms with E-state index >= 15 is 0 Å². The molecule has 0 atom stereocenters. The molecule has 0 aliphatic carbocycles. The average molecular weight is 378 g/mol. The topological polar surface area (TPSA) is 73.6 Å². The number of guanidine groups is 1. The van der Waals surface area contributed by atoms with Crippen LogP contribution in [0.5, 0.6) is 5.75 Å². The first-order valence-electron chi connectivity index (χ1n) is 4.27. The van der Waals surface area contributed by atoms with Crippen LogP contribution >= 0.6 is 35.6 Å². The number of hydrogen-bond donors (Lipinski definition) is 2. The highest BCUT2D eigenvalue weighted by atomic mass is 127. The molecule has 0 heterocycles. The van der Waals surface area contributed by atoms with Crippen molar-refractivity contribution in [1.29, 1.82) is 0 Å². The van der Waals surface area contributed by atoms with Crippen molar-refractivity contribution in [3.63, 3.8) is 0 Å². The number of halogens is 4. The van der Waals surface area contributed by atoms with Gasteiger partial charge in [0.1, 0.15) is 5.75 Å². The predicted molar refractivity (Wildman–Crippen MR) is 73.0 cm³/mol. The lowest BCUT2D eigenvalue weighted by atomic mass is 10.2. The zero-order valence-electron chi connectivity index (χ0n) is 8.57. The molecule has 17 heavy (non-hydrogen) atoms. The number of hydrogen-bond acceptors (Lipinski definition) is 2. The van der Waals surface area contributed by atoms with E-state index in [1.54, 1.807) is 0 Å². The van der Waals surface area contributed by atoms with E-state index in [-0.39, 0.29) is 42.2 Å². The second kappa shape index (κ2) is 7.49. The number of aliphatic imine (C=N–C) groups is 1. The molecule has 0 bridgehead atoms.